The standard InChI is InChI=1S/C29H30F2N2O3/c1-19(2)29-28(27(34)12-8-20-7-11-24(30)25(31)16-20)23-10-9-22(36-15-14-35-3)17-26(23)33(29)18-21-6-4-5-13-32-21/h4-7,9-11,13,16-17,19H,8,12,14-15,18H2,1-3H3. The van der Waals surface area contributed by atoms with Gasteiger partial charge < -0.3 is 14.0 Å². The number of ether oxygens (including phenoxy) is 2. The molecule has 0 fully saturated rings. The van der Waals surface area contributed by atoms with E-state index in [4.69, 9.17) is 9.47 Å². The lowest BCUT2D eigenvalue weighted by Gasteiger charge is -2.15. The van der Waals surface area contributed by atoms with E-state index in [0.717, 1.165) is 34.4 Å². The fourth-order valence-corrected chi connectivity index (χ4v) is 4.48. The van der Waals surface area contributed by atoms with Crippen molar-refractivity contribution in [2.24, 2.45) is 0 Å². The van der Waals surface area contributed by atoms with Crippen molar-refractivity contribution in [2.75, 3.05) is 20.3 Å². The Hall–Kier alpha value is -3.58. The highest BCUT2D eigenvalue weighted by molar-refractivity contribution is 6.10. The SMILES string of the molecule is COCCOc1ccc2c(C(=O)CCc3ccc(F)c(F)c3)c(C(C)C)n(Cc3ccccn3)c2c1. The number of hydrogen-bond donors (Lipinski definition) is 0. The molecule has 0 bridgehead atoms. The summed E-state index contributed by atoms with van der Waals surface area (Å²) < 4.78 is 40.1. The van der Waals surface area contributed by atoms with Crippen molar-refractivity contribution in [1.82, 2.24) is 9.55 Å². The van der Waals surface area contributed by atoms with Crippen molar-refractivity contribution in [2.45, 2.75) is 39.2 Å². The normalized spacial score (nSPS) is 11.4. The van der Waals surface area contributed by atoms with Crippen LogP contribution in [0.5, 0.6) is 5.75 Å². The maximum atomic E-state index is 13.7. The molecule has 0 atom stereocenters. The molecule has 0 spiro atoms. The Balaban J connectivity index is 1.75. The number of methoxy groups -OCH3 is 1. The molecule has 5 nitrogen and oxygen atoms in total. The van der Waals surface area contributed by atoms with Crippen LogP contribution in [0.1, 0.15) is 53.5 Å². The monoisotopic (exact) mass is 492 g/mol. The maximum absolute atomic E-state index is 13.7. The van der Waals surface area contributed by atoms with E-state index in [1.165, 1.54) is 6.07 Å². The van der Waals surface area contributed by atoms with Gasteiger partial charge in [-0.15, -0.1) is 0 Å². The van der Waals surface area contributed by atoms with Gasteiger partial charge in [-0.3, -0.25) is 9.78 Å². The van der Waals surface area contributed by atoms with E-state index in [1.54, 1.807) is 13.3 Å². The molecule has 0 amide bonds. The maximum Gasteiger partial charge on any atom is 0.165 e. The molecule has 0 aliphatic rings. The highest BCUT2D eigenvalue weighted by Crippen LogP contribution is 2.35. The Bertz CT molecular complexity index is 1350. The van der Waals surface area contributed by atoms with Gasteiger partial charge in [-0.25, -0.2) is 8.78 Å². The number of benzene rings is 2. The van der Waals surface area contributed by atoms with Crippen LogP contribution in [0.2, 0.25) is 0 Å². The lowest BCUT2D eigenvalue weighted by atomic mass is 9.96. The molecule has 7 heteroatoms. The lowest BCUT2D eigenvalue weighted by molar-refractivity contribution is 0.0982. The number of hydrogen-bond acceptors (Lipinski definition) is 4. The van der Waals surface area contributed by atoms with Crippen LogP contribution in [0.25, 0.3) is 10.9 Å². The highest BCUT2D eigenvalue weighted by Gasteiger charge is 2.25. The molecule has 2 aromatic heterocycles. The fraction of sp³-hybridized carbons (Fsp3) is 0.310. The number of fused-ring (bicyclic) bond motifs is 1. The van der Waals surface area contributed by atoms with Gasteiger partial charge in [-0.2, -0.15) is 0 Å². The second kappa shape index (κ2) is 11.4. The molecular formula is C29H30F2N2O3. The van der Waals surface area contributed by atoms with E-state index < -0.39 is 11.6 Å². The first-order chi connectivity index (χ1) is 17.4. The zero-order valence-corrected chi connectivity index (χ0v) is 20.8. The van der Waals surface area contributed by atoms with Crippen LogP contribution in [-0.2, 0) is 17.7 Å². The quantitative estimate of drug-likeness (QED) is 0.181. The number of pyridine rings is 1. The van der Waals surface area contributed by atoms with E-state index in [0.29, 0.717) is 43.1 Å². The summed E-state index contributed by atoms with van der Waals surface area (Å²) in [7, 11) is 1.62. The number of halogens is 2. The molecule has 0 unspecified atom stereocenters. The molecule has 36 heavy (non-hydrogen) atoms. The number of aryl methyl sites for hydroxylation is 1. The number of rotatable bonds is 11. The first kappa shape index (κ1) is 25.5. The van der Waals surface area contributed by atoms with E-state index >= 15 is 0 Å². The summed E-state index contributed by atoms with van der Waals surface area (Å²) in [5.41, 5.74) is 3.92. The molecule has 4 aromatic rings. The summed E-state index contributed by atoms with van der Waals surface area (Å²) in [5.74, 6) is -1.10. The summed E-state index contributed by atoms with van der Waals surface area (Å²) in [6, 6.07) is 15.3. The summed E-state index contributed by atoms with van der Waals surface area (Å²) in [6.45, 7) is 5.51. The first-order valence-corrected chi connectivity index (χ1v) is 12.0. The van der Waals surface area contributed by atoms with Crippen LogP contribution >= 0.6 is 0 Å². The van der Waals surface area contributed by atoms with Crippen molar-refractivity contribution >= 4 is 16.7 Å². The van der Waals surface area contributed by atoms with Gasteiger partial charge in [0.2, 0.25) is 0 Å². The van der Waals surface area contributed by atoms with Crippen LogP contribution in [0.4, 0.5) is 8.78 Å². The van der Waals surface area contributed by atoms with Crippen molar-refractivity contribution in [3.63, 3.8) is 0 Å². The number of aromatic nitrogens is 2. The van der Waals surface area contributed by atoms with E-state index in [9.17, 15) is 13.6 Å². The van der Waals surface area contributed by atoms with Crippen LogP contribution < -0.4 is 4.74 Å². The molecule has 0 radical (unpaired) electrons. The largest absolute Gasteiger partial charge is 0.491 e. The smallest absolute Gasteiger partial charge is 0.165 e. The predicted molar refractivity (Wildman–Crippen MR) is 136 cm³/mol. The molecule has 188 valence electrons. The van der Waals surface area contributed by atoms with Gasteiger partial charge in [-0.05, 0) is 54.3 Å². The molecule has 0 saturated heterocycles. The molecule has 0 saturated carbocycles. The zero-order valence-electron chi connectivity index (χ0n) is 20.8. The van der Waals surface area contributed by atoms with E-state index in [2.05, 4.69) is 23.4 Å². The molecule has 4 rings (SSSR count). The van der Waals surface area contributed by atoms with E-state index in [-0.39, 0.29) is 18.1 Å². The topological polar surface area (TPSA) is 53.4 Å². The second-order valence-electron chi connectivity index (χ2n) is 9.01. The van der Waals surface area contributed by atoms with Crippen molar-refractivity contribution < 1.29 is 23.0 Å². The molecule has 2 heterocycles. The summed E-state index contributed by atoms with van der Waals surface area (Å²) in [5, 5.41) is 0.837. The Kier molecular flexibility index (Phi) is 8.10. The van der Waals surface area contributed by atoms with Crippen LogP contribution in [0.15, 0.2) is 60.8 Å². The minimum absolute atomic E-state index is 0.0405. The number of carbonyl (C=O) groups is 1. The average Bonchev–Trinajstić information content (AvgIpc) is 3.19. The van der Waals surface area contributed by atoms with Crippen LogP contribution in [0, 0.1) is 11.6 Å². The van der Waals surface area contributed by atoms with Crippen LogP contribution in [0.3, 0.4) is 0 Å². The summed E-state index contributed by atoms with van der Waals surface area (Å²) in [4.78, 5) is 18.1. The van der Waals surface area contributed by atoms with Crippen molar-refractivity contribution in [3.8, 4) is 5.75 Å². The van der Waals surface area contributed by atoms with Gasteiger partial charge in [0.05, 0.1) is 24.4 Å². The number of carbonyl (C=O) groups excluding carboxylic acids is 1. The van der Waals surface area contributed by atoms with Gasteiger partial charge in [0.25, 0.3) is 0 Å². The minimum Gasteiger partial charge on any atom is -0.491 e. The molecule has 0 aliphatic carbocycles. The Morgan fingerprint density at radius 3 is 2.56 bits per heavy atom. The summed E-state index contributed by atoms with van der Waals surface area (Å²) in [6.07, 6.45) is 2.25. The third-order valence-electron chi connectivity index (χ3n) is 6.13. The number of nitrogens with zero attached hydrogens (tertiary/aromatic N) is 2. The second-order valence-corrected chi connectivity index (χ2v) is 9.01. The minimum atomic E-state index is -0.907. The molecule has 0 aliphatic heterocycles. The molecular weight excluding hydrogens is 462 g/mol. The van der Waals surface area contributed by atoms with Gasteiger partial charge in [0, 0.05) is 42.4 Å². The number of Topliss-reactive ketones (excluding diaryl/α,β-unsaturated/α-hetero) is 1. The van der Waals surface area contributed by atoms with Gasteiger partial charge in [-0.1, -0.05) is 26.0 Å². The van der Waals surface area contributed by atoms with Gasteiger partial charge >= 0.3 is 0 Å². The third kappa shape index (κ3) is 5.62. The highest BCUT2D eigenvalue weighted by atomic mass is 19.2. The average molecular weight is 493 g/mol. The molecule has 0 N–H and O–H groups in total. The zero-order chi connectivity index (χ0) is 25.7. The Morgan fingerprint density at radius 2 is 1.86 bits per heavy atom. The Morgan fingerprint density at radius 1 is 1.03 bits per heavy atom. The predicted octanol–water partition coefficient (Wildman–Crippen LogP) is 6.33. The molecule has 2 aromatic carbocycles. The summed E-state index contributed by atoms with van der Waals surface area (Å²) >= 11 is 0. The fourth-order valence-electron chi connectivity index (χ4n) is 4.48. The Labute approximate surface area is 209 Å². The van der Waals surface area contributed by atoms with Crippen LogP contribution in [-0.4, -0.2) is 35.7 Å². The first-order valence-electron chi connectivity index (χ1n) is 12.0. The lowest BCUT2D eigenvalue weighted by Crippen LogP contribution is -2.11. The van der Waals surface area contributed by atoms with Crippen molar-refractivity contribution in [3.05, 3.63) is 94.9 Å². The van der Waals surface area contributed by atoms with Gasteiger partial charge in [0.15, 0.2) is 17.4 Å². The van der Waals surface area contributed by atoms with Crippen molar-refractivity contribution in [1.29, 1.82) is 0 Å². The van der Waals surface area contributed by atoms with Gasteiger partial charge in [0.1, 0.15) is 12.4 Å². The third-order valence-corrected chi connectivity index (χ3v) is 6.13. The number of ketones is 1. The van der Waals surface area contributed by atoms with E-state index in [1.807, 2.05) is 36.4 Å².